The lowest BCUT2D eigenvalue weighted by Gasteiger charge is -2.28. The molecule has 1 atom stereocenters. The van der Waals surface area contributed by atoms with Crippen LogP contribution in [0.2, 0.25) is 0 Å². The number of anilines is 1. The number of aromatic nitrogens is 1. The SMILES string of the molecule is CNc1ccnc(CN2CCCCCC2CO)c1. The van der Waals surface area contributed by atoms with Gasteiger partial charge in [-0.25, -0.2) is 0 Å². The smallest absolute Gasteiger partial charge is 0.0587 e. The van der Waals surface area contributed by atoms with E-state index in [1.165, 1.54) is 19.3 Å². The van der Waals surface area contributed by atoms with Crippen molar-refractivity contribution in [2.75, 3.05) is 25.5 Å². The van der Waals surface area contributed by atoms with Gasteiger partial charge in [0.2, 0.25) is 0 Å². The molecule has 1 aliphatic rings. The van der Waals surface area contributed by atoms with Gasteiger partial charge in [-0.2, -0.15) is 0 Å². The molecular weight excluding hydrogens is 226 g/mol. The van der Waals surface area contributed by atoms with Gasteiger partial charge >= 0.3 is 0 Å². The Hall–Kier alpha value is -1.13. The number of likely N-dealkylation sites (tertiary alicyclic amines) is 1. The number of hydrogen-bond acceptors (Lipinski definition) is 4. The van der Waals surface area contributed by atoms with E-state index in [2.05, 4.69) is 21.3 Å². The molecule has 1 saturated heterocycles. The van der Waals surface area contributed by atoms with E-state index in [-0.39, 0.29) is 6.61 Å². The molecule has 1 unspecified atom stereocenters. The van der Waals surface area contributed by atoms with Gasteiger partial charge in [-0.1, -0.05) is 12.8 Å². The zero-order valence-electron chi connectivity index (χ0n) is 11.1. The van der Waals surface area contributed by atoms with Gasteiger partial charge in [0.1, 0.15) is 0 Å². The number of aliphatic hydroxyl groups is 1. The molecule has 0 amide bonds. The van der Waals surface area contributed by atoms with Crippen LogP contribution < -0.4 is 5.32 Å². The summed E-state index contributed by atoms with van der Waals surface area (Å²) in [6.07, 6.45) is 6.67. The normalized spacial score (nSPS) is 21.6. The van der Waals surface area contributed by atoms with Crippen LogP contribution >= 0.6 is 0 Å². The highest BCUT2D eigenvalue weighted by Gasteiger charge is 2.20. The fourth-order valence-corrected chi connectivity index (χ4v) is 2.58. The lowest BCUT2D eigenvalue weighted by atomic mass is 10.1. The minimum absolute atomic E-state index is 0.256. The summed E-state index contributed by atoms with van der Waals surface area (Å²) in [7, 11) is 1.92. The van der Waals surface area contributed by atoms with Crippen molar-refractivity contribution in [2.45, 2.75) is 38.3 Å². The van der Waals surface area contributed by atoms with Gasteiger partial charge in [0.25, 0.3) is 0 Å². The van der Waals surface area contributed by atoms with Crippen molar-refractivity contribution in [1.29, 1.82) is 0 Å². The maximum Gasteiger partial charge on any atom is 0.0587 e. The number of rotatable bonds is 4. The highest BCUT2D eigenvalue weighted by molar-refractivity contribution is 5.42. The summed E-state index contributed by atoms with van der Waals surface area (Å²) in [5, 5.41) is 12.6. The van der Waals surface area contributed by atoms with Crippen molar-refractivity contribution >= 4 is 5.69 Å². The molecule has 0 aliphatic carbocycles. The number of pyridine rings is 1. The van der Waals surface area contributed by atoms with Crippen LogP contribution in [-0.4, -0.2) is 41.2 Å². The van der Waals surface area contributed by atoms with Crippen LogP contribution in [0.3, 0.4) is 0 Å². The molecule has 1 aromatic heterocycles. The molecule has 1 aromatic rings. The summed E-state index contributed by atoms with van der Waals surface area (Å²) >= 11 is 0. The summed E-state index contributed by atoms with van der Waals surface area (Å²) < 4.78 is 0. The zero-order chi connectivity index (χ0) is 12.8. The van der Waals surface area contributed by atoms with E-state index < -0.39 is 0 Å². The Kier molecular flexibility index (Phi) is 4.96. The van der Waals surface area contributed by atoms with Crippen molar-refractivity contribution in [3.8, 4) is 0 Å². The van der Waals surface area contributed by atoms with Crippen LogP contribution in [0, 0.1) is 0 Å². The Morgan fingerprint density at radius 2 is 2.33 bits per heavy atom. The molecule has 0 aromatic carbocycles. The molecule has 0 spiro atoms. The van der Waals surface area contributed by atoms with E-state index >= 15 is 0 Å². The van der Waals surface area contributed by atoms with Crippen molar-refractivity contribution in [1.82, 2.24) is 9.88 Å². The number of aliphatic hydroxyl groups excluding tert-OH is 1. The van der Waals surface area contributed by atoms with Gasteiger partial charge in [-0.05, 0) is 31.5 Å². The Morgan fingerprint density at radius 3 is 3.11 bits per heavy atom. The molecule has 18 heavy (non-hydrogen) atoms. The summed E-state index contributed by atoms with van der Waals surface area (Å²) in [6.45, 7) is 2.16. The number of hydrogen-bond donors (Lipinski definition) is 2. The van der Waals surface area contributed by atoms with Gasteiger partial charge in [-0.3, -0.25) is 9.88 Å². The number of nitrogens with zero attached hydrogens (tertiary/aromatic N) is 2. The van der Waals surface area contributed by atoms with Gasteiger partial charge in [0.15, 0.2) is 0 Å². The first-order valence-corrected chi connectivity index (χ1v) is 6.81. The van der Waals surface area contributed by atoms with Gasteiger partial charge in [0.05, 0.1) is 12.3 Å². The topological polar surface area (TPSA) is 48.4 Å². The molecule has 1 aliphatic heterocycles. The van der Waals surface area contributed by atoms with E-state index in [0.717, 1.165) is 30.9 Å². The second-order valence-corrected chi connectivity index (χ2v) is 4.94. The fraction of sp³-hybridized carbons (Fsp3) is 0.643. The molecule has 0 radical (unpaired) electrons. The second-order valence-electron chi connectivity index (χ2n) is 4.94. The van der Waals surface area contributed by atoms with Crippen LogP contribution in [-0.2, 0) is 6.54 Å². The van der Waals surface area contributed by atoms with Crippen molar-refractivity contribution in [2.24, 2.45) is 0 Å². The molecule has 2 heterocycles. The molecular formula is C14H23N3O. The first-order chi connectivity index (χ1) is 8.83. The summed E-state index contributed by atoms with van der Waals surface area (Å²) in [6, 6.07) is 4.35. The highest BCUT2D eigenvalue weighted by Crippen LogP contribution is 2.19. The van der Waals surface area contributed by atoms with Crippen molar-refractivity contribution in [3.63, 3.8) is 0 Å². The molecule has 0 bridgehead atoms. The minimum Gasteiger partial charge on any atom is -0.395 e. The third-order valence-electron chi connectivity index (χ3n) is 3.68. The third kappa shape index (κ3) is 3.43. The van der Waals surface area contributed by atoms with E-state index in [1.807, 2.05) is 19.3 Å². The van der Waals surface area contributed by atoms with Gasteiger partial charge in [0, 0.05) is 31.5 Å². The highest BCUT2D eigenvalue weighted by atomic mass is 16.3. The minimum atomic E-state index is 0.256. The van der Waals surface area contributed by atoms with Gasteiger partial charge < -0.3 is 10.4 Å². The lowest BCUT2D eigenvalue weighted by Crippen LogP contribution is -2.37. The number of nitrogens with one attached hydrogen (secondary N) is 1. The molecule has 2 rings (SSSR count). The van der Waals surface area contributed by atoms with Crippen LogP contribution in [0.25, 0.3) is 0 Å². The Bertz CT molecular complexity index is 370. The first-order valence-electron chi connectivity index (χ1n) is 6.81. The van der Waals surface area contributed by atoms with E-state index in [1.54, 1.807) is 0 Å². The molecule has 4 heteroatoms. The van der Waals surface area contributed by atoms with Gasteiger partial charge in [-0.15, -0.1) is 0 Å². The quantitative estimate of drug-likeness (QED) is 0.855. The predicted molar refractivity (Wildman–Crippen MR) is 73.5 cm³/mol. The third-order valence-corrected chi connectivity index (χ3v) is 3.68. The maximum absolute atomic E-state index is 9.49. The Morgan fingerprint density at radius 1 is 1.44 bits per heavy atom. The van der Waals surface area contributed by atoms with Crippen LogP contribution in [0.4, 0.5) is 5.69 Å². The monoisotopic (exact) mass is 249 g/mol. The zero-order valence-corrected chi connectivity index (χ0v) is 11.1. The second kappa shape index (κ2) is 6.71. The summed E-state index contributed by atoms with van der Waals surface area (Å²) in [5.74, 6) is 0. The standard InChI is InChI=1S/C14H23N3O/c1-15-12-6-7-16-13(9-12)10-17-8-4-2-3-5-14(17)11-18/h6-7,9,14,18H,2-5,8,10-11H2,1H3,(H,15,16). The largest absolute Gasteiger partial charge is 0.395 e. The maximum atomic E-state index is 9.49. The van der Waals surface area contributed by atoms with Crippen molar-refractivity contribution < 1.29 is 5.11 Å². The fourth-order valence-electron chi connectivity index (χ4n) is 2.58. The van der Waals surface area contributed by atoms with Crippen molar-refractivity contribution in [3.05, 3.63) is 24.0 Å². The predicted octanol–water partition coefficient (Wildman–Crippen LogP) is 1.86. The summed E-state index contributed by atoms with van der Waals surface area (Å²) in [4.78, 5) is 6.79. The molecule has 1 fully saturated rings. The van der Waals surface area contributed by atoms with E-state index in [4.69, 9.17) is 0 Å². The van der Waals surface area contributed by atoms with E-state index in [9.17, 15) is 5.11 Å². The average molecular weight is 249 g/mol. The van der Waals surface area contributed by atoms with E-state index in [0.29, 0.717) is 6.04 Å². The Balaban J connectivity index is 2.05. The Labute approximate surface area is 109 Å². The van der Waals surface area contributed by atoms with Crippen LogP contribution in [0.15, 0.2) is 18.3 Å². The average Bonchev–Trinajstić information content (AvgIpc) is 2.64. The van der Waals surface area contributed by atoms with Crippen LogP contribution in [0.5, 0.6) is 0 Å². The molecule has 4 nitrogen and oxygen atoms in total. The molecule has 2 N–H and O–H groups in total. The molecule has 100 valence electrons. The first kappa shape index (κ1) is 13.3. The summed E-state index contributed by atoms with van der Waals surface area (Å²) in [5.41, 5.74) is 2.16. The lowest BCUT2D eigenvalue weighted by molar-refractivity contribution is 0.117. The molecule has 0 saturated carbocycles. The van der Waals surface area contributed by atoms with Crippen LogP contribution in [0.1, 0.15) is 31.4 Å².